The average Bonchev–Trinajstić information content (AvgIpc) is 3.01. The summed E-state index contributed by atoms with van der Waals surface area (Å²) in [5.74, 6) is -1.25. The number of carboxylic acids is 1. The Morgan fingerprint density at radius 1 is 1.24 bits per heavy atom. The number of hydrogen-bond donors (Lipinski definition) is 1. The molecule has 0 bridgehead atoms. The quantitative estimate of drug-likeness (QED) is 0.901. The van der Waals surface area contributed by atoms with Crippen LogP contribution in [-0.2, 0) is 16.1 Å². The average molecular weight is 291 g/mol. The van der Waals surface area contributed by atoms with Crippen molar-refractivity contribution in [3.8, 4) is 5.75 Å². The Bertz CT molecular complexity index is 550. The molecule has 0 radical (unpaired) electrons. The van der Waals surface area contributed by atoms with E-state index in [0.29, 0.717) is 6.54 Å². The molecule has 1 amide bonds. The first kappa shape index (κ1) is 15.4. The molecule has 1 fully saturated rings. The zero-order chi connectivity index (χ0) is 15.8. The predicted molar refractivity (Wildman–Crippen MR) is 77.9 cm³/mol. The van der Waals surface area contributed by atoms with E-state index >= 15 is 0 Å². The molecule has 21 heavy (non-hydrogen) atoms. The molecule has 0 aromatic heterocycles. The van der Waals surface area contributed by atoms with Crippen LogP contribution in [0.5, 0.6) is 5.75 Å². The molecular weight excluding hydrogens is 270 g/mol. The Balaban J connectivity index is 2.02. The van der Waals surface area contributed by atoms with Gasteiger partial charge < -0.3 is 14.7 Å². The van der Waals surface area contributed by atoms with E-state index in [1.807, 2.05) is 38.1 Å². The topological polar surface area (TPSA) is 66.8 Å². The molecule has 2 atom stereocenters. The molecular formula is C16H21NO4. The fourth-order valence-corrected chi connectivity index (χ4v) is 2.88. The lowest BCUT2D eigenvalue weighted by Gasteiger charge is -2.18. The Labute approximate surface area is 124 Å². The molecule has 0 saturated heterocycles. The molecule has 1 aromatic rings. The maximum atomic E-state index is 12.4. The highest BCUT2D eigenvalue weighted by atomic mass is 16.5. The molecule has 2 unspecified atom stereocenters. The first-order chi connectivity index (χ1) is 9.78. The summed E-state index contributed by atoms with van der Waals surface area (Å²) in [5.41, 5.74) is 0.522. The second-order valence-electron chi connectivity index (χ2n) is 6.16. The van der Waals surface area contributed by atoms with Gasteiger partial charge in [-0.05, 0) is 23.1 Å². The molecule has 0 spiro atoms. The van der Waals surface area contributed by atoms with Crippen molar-refractivity contribution in [1.29, 1.82) is 0 Å². The van der Waals surface area contributed by atoms with Crippen molar-refractivity contribution in [2.24, 2.45) is 17.3 Å². The van der Waals surface area contributed by atoms with Crippen molar-refractivity contribution in [1.82, 2.24) is 4.90 Å². The third kappa shape index (κ3) is 2.86. The lowest BCUT2D eigenvalue weighted by molar-refractivity contribution is -0.141. The van der Waals surface area contributed by atoms with E-state index < -0.39 is 23.2 Å². The number of methoxy groups -OCH3 is 1. The van der Waals surface area contributed by atoms with Crippen molar-refractivity contribution in [2.45, 2.75) is 20.4 Å². The minimum absolute atomic E-state index is 0.108. The summed E-state index contributed by atoms with van der Waals surface area (Å²) < 4.78 is 5.09. The number of nitrogens with zero attached hydrogens (tertiary/aromatic N) is 1. The second kappa shape index (κ2) is 5.39. The van der Waals surface area contributed by atoms with Crippen LogP contribution < -0.4 is 4.74 Å². The fourth-order valence-electron chi connectivity index (χ4n) is 2.88. The number of rotatable bonds is 5. The predicted octanol–water partition coefficient (Wildman–Crippen LogP) is 2.01. The van der Waals surface area contributed by atoms with Crippen LogP contribution in [0.15, 0.2) is 24.3 Å². The van der Waals surface area contributed by atoms with E-state index in [2.05, 4.69) is 0 Å². The van der Waals surface area contributed by atoms with Crippen LogP contribution in [0.4, 0.5) is 0 Å². The number of carbonyl (C=O) groups is 2. The van der Waals surface area contributed by atoms with E-state index in [4.69, 9.17) is 9.84 Å². The number of carbonyl (C=O) groups excluding carboxylic acids is 1. The summed E-state index contributed by atoms with van der Waals surface area (Å²) in [6.45, 7) is 4.12. The Kier molecular flexibility index (Phi) is 3.94. The molecule has 1 saturated carbocycles. The van der Waals surface area contributed by atoms with Gasteiger partial charge in [-0.1, -0.05) is 26.0 Å². The van der Waals surface area contributed by atoms with Crippen LogP contribution in [0.25, 0.3) is 0 Å². The minimum Gasteiger partial charge on any atom is -0.497 e. The summed E-state index contributed by atoms with van der Waals surface area (Å²) in [6, 6.07) is 7.48. The molecule has 114 valence electrons. The minimum atomic E-state index is -0.892. The summed E-state index contributed by atoms with van der Waals surface area (Å²) in [7, 11) is 3.31. The van der Waals surface area contributed by atoms with Crippen molar-refractivity contribution >= 4 is 11.9 Å². The zero-order valence-electron chi connectivity index (χ0n) is 12.8. The molecule has 5 heteroatoms. The Morgan fingerprint density at radius 3 is 2.24 bits per heavy atom. The number of hydrogen-bond acceptors (Lipinski definition) is 3. The van der Waals surface area contributed by atoms with Gasteiger partial charge in [0.15, 0.2) is 0 Å². The molecule has 0 heterocycles. The summed E-state index contributed by atoms with van der Waals surface area (Å²) >= 11 is 0. The highest BCUT2D eigenvalue weighted by molar-refractivity contribution is 5.91. The molecule has 5 nitrogen and oxygen atoms in total. The standard InChI is InChI=1S/C16H21NO4/c1-16(2)12(13(16)15(19)20)14(18)17(3)9-10-5-7-11(21-4)8-6-10/h5-8,12-13H,9H2,1-4H3,(H,19,20). The van der Waals surface area contributed by atoms with E-state index in [1.165, 1.54) is 0 Å². The highest BCUT2D eigenvalue weighted by Crippen LogP contribution is 2.58. The van der Waals surface area contributed by atoms with Gasteiger partial charge in [-0.3, -0.25) is 9.59 Å². The van der Waals surface area contributed by atoms with Crippen LogP contribution in [0.2, 0.25) is 0 Å². The van der Waals surface area contributed by atoms with Gasteiger partial charge >= 0.3 is 5.97 Å². The van der Waals surface area contributed by atoms with Crippen molar-refractivity contribution in [2.75, 3.05) is 14.2 Å². The number of aliphatic carboxylic acids is 1. The van der Waals surface area contributed by atoms with Crippen molar-refractivity contribution in [3.63, 3.8) is 0 Å². The summed E-state index contributed by atoms with van der Waals surface area (Å²) in [4.78, 5) is 25.2. The molecule has 0 aliphatic heterocycles. The van der Waals surface area contributed by atoms with Gasteiger partial charge in [-0.15, -0.1) is 0 Å². The van der Waals surface area contributed by atoms with E-state index in [0.717, 1.165) is 11.3 Å². The van der Waals surface area contributed by atoms with Crippen LogP contribution in [-0.4, -0.2) is 36.0 Å². The van der Waals surface area contributed by atoms with Crippen molar-refractivity contribution in [3.05, 3.63) is 29.8 Å². The monoisotopic (exact) mass is 291 g/mol. The summed E-state index contributed by atoms with van der Waals surface area (Å²) in [6.07, 6.45) is 0. The smallest absolute Gasteiger partial charge is 0.307 e. The van der Waals surface area contributed by atoms with Crippen LogP contribution in [0.1, 0.15) is 19.4 Å². The van der Waals surface area contributed by atoms with Crippen LogP contribution >= 0.6 is 0 Å². The number of carboxylic acid groups (broad SMARTS) is 1. The fraction of sp³-hybridized carbons (Fsp3) is 0.500. The largest absolute Gasteiger partial charge is 0.497 e. The van der Waals surface area contributed by atoms with E-state index in [9.17, 15) is 9.59 Å². The molecule has 1 aromatic carbocycles. The first-order valence-electron chi connectivity index (χ1n) is 6.89. The van der Waals surface area contributed by atoms with Gasteiger partial charge in [0.1, 0.15) is 5.75 Å². The first-order valence-corrected chi connectivity index (χ1v) is 6.89. The lowest BCUT2D eigenvalue weighted by atomic mass is 10.1. The van der Waals surface area contributed by atoms with E-state index in [1.54, 1.807) is 19.1 Å². The van der Waals surface area contributed by atoms with Gasteiger partial charge in [0.05, 0.1) is 18.9 Å². The zero-order valence-corrected chi connectivity index (χ0v) is 12.8. The van der Waals surface area contributed by atoms with Crippen molar-refractivity contribution < 1.29 is 19.4 Å². The van der Waals surface area contributed by atoms with Gasteiger partial charge in [0.2, 0.25) is 5.91 Å². The van der Waals surface area contributed by atoms with Crippen LogP contribution in [0, 0.1) is 17.3 Å². The molecule has 1 N–H and O–H groups in total. The maximum Gasteiger partial charge on any atom is 0.307 e. The lowest BCUT2D eigenvalue weighted by Crippen LogP contribution is -2.29. The molecule has 1 aliphatic carbocycles. The van der Waals surface area contributed by atoms with E-state index in [-0.39, 0.29) is 5.91 Å². The van der Waals surface area contributed by atoms with Gasteiger partial charge in [0.25, 0.3) is 0 Å². The third-order valence-corrected chi connectivity index (χ3v) is 4.31. The molecule has 2 rings (SSSR count). The SMILES string of the molecule is COc1ccc(CN(C)C(=O)C2C(C(=O)O)C2(C)C)cc1. The Hall–Kier alpha value is -2.04. The number of ether oxygens (including phenoxy) is 1. The number of amides is 1. The van der Waals surface area contributed by atoms with Gasteiger partial charge in [-0.2, -0.15) is 0 Å². The highest BCUT2D eigenvalue weighted by Gasteiger charge is 2.66. The third-order valence-electron chi connectivity index (χ3n) is 4.31. The normalized spacial score (nSPS) is 22.5. The maximum absolute atomic E-state index is 12.4. The second-order valence-corrected chi connectivity index (χ2v) is 6.16. The van der Waals surface area contributed by atoms with Gasteiger partial charge in [0, 0.05) is 13.6 Å². The van der Waals surface area contributed by atoms with Gasteiger partial charge in [-0.25, -0.2) is 0 Å². The molecule has 1 aliphatic rings. The Morgan fingerprint density at radius 2 is 1.81 bits per heavy atom. The number of benzene rings is 1. The summed E-state index contributed by atoms with van der Waals surface area (Å²) in [5, 5.41) is 9.15. The van der Waals surface area contributed by atoms with Crippen LogP contribution in [0.3, 0.4) is 0 Å².